The number of aromatic nitrogens is 2. The maximum Gasteiger partial charge on any atom is 0.229 e. The van der Waals surface area contributed by atoms with Crippen molar-refractivity contribution in [3.63, 3.8) is 0 Å². The Bertz CT molecular complexity index is 378. The largest absolute Gasteiger partial charge is 0.378 e. The van der Waals surface area contributed by atoms with Crippen LogP contribution >= 0.6 is 0 Å². The minimum Gasteiger partial charge on any atom is -0.378 e. The van der Waals surface area contributed by atoms with Crippen LogP contribution in [-0.4, -0.2) is 22.9 Å². The molecule has 0 amide bonds. The molecule has 102 valence electrons. The van der Waals surface area contributed by atoms with Crippen LogP contribution in [0.5, 0.6) is 0 Å². The summed E-state index contributed by atoms with van der Waals surface area (Å²) >= 11 is 0. The molecule has 1 aromatic heterocycles. The van der Waals surface area contributed by atoms with Crippen molar-refractivity contribution < 1.29 is 9.26 Å². The normalized spacial score (nSPS) is 23.0. The van der Waals surface area contributed by atoms with Gasteiger partial charge in [-0.1, -0.05) is 25.9 Å². The van der Waals surface area contributed by atoms with E-state index >= 15 is 0 Å². The fourth-order valence-corrected chi connectivity index (χ4v) is 2.03. The number of nitrogens with zero attached hydrogens (tertiary/aromatic N) is 2. The summed E-state index contributed by atoms with van der Waals surface area (Å²) < 4.78 is 10.9. The van der Waals surface area contributed by atoms with Crippen molar-refractivity contribution in [3.05, 3.63) is 11.7 Å². The predicted molar refractivity (Wildman–Crippen MR) is 68.0 cm³/mol. The molecule has 0 saturated carbocycles. The first-order chi connectivity index (χ1) is 8.47. The van der Waals surface area contributed by atoms with E-state index in [1.807, 2.05) is 0 Å². The number of hydrogen-bond donors (Lipinski definition) is 1. The Morgan fingerprint density at radius 3 is 2.78 bits per heavy atom. The molecule has 2 rings (SSSR count). The number of rotatable bonds is 3. The van der Waals surface area contributed by atoms with E-state index in [9.17, 15) is 0 Å². The second kappa shape index (κ2) is 5.36. The van der Waals surface area contributed by atoms with Crippen LogP contribution in [0.3, 0.4) is 0 Å². The molecular weight excluding hydrogens is 230 g/mol. The van der Waals surface area contributed by atoms with Crippen LogP contribution in [0.2, 0.25) is 0 Å². The third kappa shape index (κ3) is 3.29. The van der Waals surface area contributed by atoms with Gasteiger partial charge in [0.2, 0.25) is 5.89 Å². The Labute approximate surface area is 108 Å². The van der Waals surface area contributed by atoms with Gasteiger partial charge in [0, 0.05) is 6.61 Å². The summed E-state index contributed by atoms with van der Waals surface area (Å²) in [5.41, 5.74) is 6.04. The number of ether oxygens (including phenoxy) is 1. The van der Waals surface area contributed by atoms with Gasteiger partial charge in [0.1, 0.15) is 0 Å². The topological polar surface area (TPSA) is 74.2 Å². The van der Waals surface area contributed by atoms with Crippen LogP contribution in [0, 0.1) is 5.41 Å². The van der Waals surface area contributed by atoms with Crippen LogP contribution in [-0.2, 0) is 11.2 Å². The van der Waals surface area contributed by atoms with Gasteiger partial charge in [-0.3, -0.25) is 0 Å². The van der Waals surface area contributed by atoms with Gasteiger partial charge < -0.3 is 15.0 Å². The first-order valence-corrected chi connectivity index (χ1v) is 6.66. The molecule has 18 heavy (non-hydrogen) atoms. The van der Waals surface area contributed by atoms with E-state index in [2.05, 4.69) is 30.9 Å². The van der Waals surface area contributed by atoms with Crippen molar-refractivity contribution in [2.75, 3.05) is 6.61 Å². The van der Waals surface area contributed by atoms with Crippen LogP contribution in [0.25, 0.3) is 0 Å². The SMILES string of the molecule is CC(C)(C)C(N)c1noc(CC2CCCCO2)n1. The van der Waals surface area contributed by atoms with Crippen molar-refractivity contribution >= 4 is 0 Å². The average Bonchev–Trinajstić information content (AvgIpc) is 2.76. The lowest BCUT2D eigenvalue weighted by molar-refractivity contribution is 0.0124. The maximum absolute atomic E-state index is 6.10. The standard InChI is InChI=1S/C13H23N3O2/c1-13(2,3)11(14)12-15-10(18-16-12)8-9-6-4-5-7-17-9/h9,11H,4-8,14H2,1-3H3. The van der Waals surface area contributed by atoms with Gasteiger partial charge in [0.15, 0.2) is 5.82 Å². The maximum atomic E-state index is 6.10. The highest BCUT2D eigenvalue weighted by Gasteiger charge is 2.27. The van der Waals surface area contributed by atoms with E-state index in [0.29, 0.717) is 18.1 Å². The number of hydrogen-bond acceptors (Lipinski definition) is 5. The van der Waals surface area contributed by atoms with Gasteiger partial charge in [0.25, 0.3) is 0 Å². The zero-order chi connectivity index (χ0) is 13.2. The molecule has 0 aromatic carbocycles. The monoisotopic (exact) mass is 253 g/mol. The molecule has 0 radical (unpaired) electrons. The van der Waals surface area contributed by atoms with Crippen molar-refractivity contribution in [1.82, 2.24) is 10.1 Å². The summed E-state index contributed by atoms with van der Waals surface area (Å²) in [6, 6.07) is -0.206. The minimum absolute atomic E-state index is 0.0670. The van der Waals surface area contributed by atoms with Crippen LogP contribution < -0.4 is 5.73 Å². The molecule has 1 aliphatic heterocycles. The molecule has 0 bridgehead atoms. The highest BCUT2D eigenvalue weighted by Crippen LogP contribution is 2.28. The first-order valence-electron chi connectivity index (χ1n) is 6.66. The molecule has 2 N–H and O–H groups in total. The summed E-state index contributed by atoms with van der Waals surface area (Å²) in [6.45, 7) is 7.04. The molecule has 1 fully saturated rings. The molecule has 5 heteroatoms. The Morgan fingerprint density at radius 2 is 2.17 bits per heavy atom. The fraction of sp³-hybridized carbons (Fsp3) is 0.846. The van der Waals surface area contributed by atoms with Crippen molar-refractivity contribution in [2.24, 2.45) is 11.1 Å². The van der Waals surface area contributed by atoms with Gasteiger partial charge in [-0.15, -0.1) is 0 Å². The summed E-state index contributed by atoms with van der Waals surface area (Å²) in [5.74, 6) is 1.23. The van der Waals surface area contributed by atoms with E-state index < -0.39 is 0 Å². The average molecular weight is 253 g/mol. The first kappa shape index (κ1) is 13.5. The van der Waals surface area contributed by atoms with Gasteiger partial charge in [-0.25, -0.2) is 0 Å². The predicted octanol–water partition coefficient (Wildman–Crippen LogP) is 2.23. The van der Waals surface area contributed by atoms with Crippen LogP contribution in [0.4, 0.5) is 0 Å². The second-order valence-corrected chi connectivity index (χ2v) is 6.08. The molecule has 2 heterocycles. The summed E-state index contributed by atoms with van der Waals surface area (Å²) in [7, 11) is 0. The van der Waals surface area contributed by atoms with E-state index in [4.69, 9.17) is 15.0 Å². The zero-order valence-corrected chi connectivity index (χ0v) is 11.5. The zero-order valence-electron chi connectivity index (χ0n) is 11.5. The Kier molecular flexibility index (Phi) is 4.02. The van der Waals surface area contributed by atoms with Crippen LogP contribution in [0.1, 0.15) is 57.8 Å². The molecule has 1 aromatic rings. The lowest BCUT2D eigenvalue weighted by Crippen LogP contribution is -2.27. The quantitative estimate of drug-likeness (QED) is 0.894. The Morgan fingerprint density at radius 1 is 1.39 bits per heavy atom. The van der Waals surface area contributed by atoms with E-state index in [-0.39, 0.29) is 17.6 Å². The van der Waals surface area contributed by atoms with E-state index in [1.54, 1.807) is 0 Å². The van der Waals surface area contributed by atoms with E-state index in [0.717, 1.165) is 19.4 Å². The molecule has 2 unspecified atom stereocenters. The lowest BCUT2D eigenvalue weighted by atomic mass is 9.87. The smallest absolute Gasteiger partial charge is 0.229 e. The Balaban J connectivity index is 1.97. The summed E-state index contributed by atoms with van der Waals surface area (Å²) in [5, 5.41) is 3.98. The molecule has 0 aliphatic carbocycles. The number of nitrogens with two attached hydrogens (primary N) is 1. The van der Waals surface area contributed by atoms with Gasteiger partial charge >= 0.3 is 0 Å². The third-order valence-electron chi connectivity index (χ3n) is 3.37. The second-order valence-electron chi connectivity index (χ2n) is 6.08. The summed E-state index contributed by atoms with van der Waals surface area (Å²) in [6.07, 6.45) is 4.36. The molecule has 1 aliphatic rings. The molecular formula is C13H23N3O2. The molecule has 5 nitrogen and oxygen atoms in total. The van der Waals surface area contributed by atoms with Gasteiger partial charge in [-0.2, -0.15) is 4.98 Å². The minimum atomic E-state index is -0.206. The van der Waals surface area contributed by atoms with Crippen LogP contribution in [0.15, 0.2) is 4.52 Å². The van der Waals surface area contributed by atoms with Crippen molar-refractivity contribution in [2.45, 2.75) is 58.6 Å². The Hall–Kier alpha value is -0.940. The third-order valence-corrected chi connectivity index (χ3v) is 3.37. The summed E-state index contributed by atoms with van der Waals surface area (Å²) in [4.78, 5) is 4.39. The van der Waals surface area contributed by atoms with E-state index in [1.165, 1.54) is 6.42 Å². The molecule has 1 saturated heterocycles. The lowest BCUT2D eigenvalue weighted by Gasteiger charge is -2.23. The molecule has 2 atom stereocenters. The van der Waals surface area contributed by atoms with Gasteiger partial charge in [0.05, 0.1) is 18.6 Å². The van der Waals surface area contributed by atoms with Crippen molar-refractivity contribution in [1.29, 1.82) is 0 Å². The molecule has 0 spiro atoms. The van der Waals surface area contributed by atoms with Crippen molar-refractivity contribution in [3.8, 4) is 0 Å². The highest BCUT2D eigenvalue weighted by molar-refractivity contribution is 4.98. The fourth-order valence-electron chi connectivity index (χ4n) is 2.03. The van der Waals surface area contributed by atoms with Gasteiger partial charge in [-0.05, 0) is 24.7 Å². The highest BCUT2D eigenvalue weighted by atomic mass is 16.5.